The third kappa shape index (κ3) is 3.87. The highest BCUT2D eigenvalue weighted by Crippen LogP contribution is 2.25. The summed E-state index contributed by atoms with van der Waals surface area (Å²) in [5.41, 5.74) is 1.26. The van der Waals surface area contributed by atoms with Gasteiger partial charge in [-0.1, -0.05) is 6.42 Å². The second kappa shape index (κ2) is 7.83. The van der Waals surface area contributed by atoms with Gasteiger partial charge >= 0.3 is 0 Å². The quantitative estimate of drug-likeness (QED) is 0.844. The highest BCUT2D eigenvalue weighted by molar-refractivity contribution is 5.82. The first-order chi connectivity index (χ1) is 12.3. The number of nitrogens with zero attached hydrogens (tertiary/aromatic N) is 4. The molecule has 2 unspecified atom stereocenters. The molecule has 0 radical (unpaired) electrons. The van der Waals surface area contributed by atoms with Gasteiger partial charge in [-0.3, -0.25) is 19.6 Å². The maximum Gasteiger partial charge on any atom is 0.239 e. The van der Waals surface area contributed by atoms with Crippen LogP contribution in [0.25, 0.3) is 0 Å². The lowest BCUT2D eigenvalue weighted by atomic mass is 9.99. The normalized spacial score (nSPS) is 28.6. The number of fused-ring (bicyclic) bond motifs is 1. The number of aromatic nitrogens is 1. The first-order valence-corrected chi connectivity index (χ1v) is 9.97. The van der Waals surface area contributed by atoms with Gasteiger partial charge in [0.15, 0.2) is 0 Å². The fourth-order valence-corrected chi connectivity index (χ4v) is 4.80. The van der Waals surface area contributed by atoms with E-state index in [1.807, 2.05) is 12.4 Å². The molecule has 1 aromatic heterocycles. The highest BCUT2D eigenvalue weighted by Gasteiger charge is 2.36. The van der Waals surface area contributed by atoms with Crippen molar-refractivity contribution in [1.82, 2.24) is 19.7 Å². The molecule has 0 spiro atoms. The second-order valence-corrected chi connectivity index (χ2v) is 7.81. The lowest BCUT2D eigenvalue weighted by molar-refractivity contribution is -0.138. The zero-order valence-corrected chi connectivity index (χ0v) is 15.1. The van der Waals surface area contributed by atoms with Crippen LogP contribution in [0.1, 0.15) is 44.1 Å². The van der Waals surface area contributed by atoms with Crippen molar-refractivity contribution in [3.8, 4) is 0 Å². The summed E-state index contributed by atoms with van der Waals surface area (Å²) in [5.74, 6) is 0.377. The molecule has 5 heteroatoms. The average molecular weight is 342 g/mol. The van der Waals surface area contributed by atoms with Crippen LogP contribution in [0.2, 0.25) is 0 Å². The summed E-state index contributed by atoms with van der Waals surface area (Å²) in [7, 11) is 0. The summed E-state index contributed by atoms with van der Waals surface area (Å²) >= 11 is 0. The van der Waals surface area contributed by atoms with Gasteiger partial charge in [-0.2, -0.15) is 0 Å². The summed E-state index contributed by atoms with van der Waals surface area (Å²) in [6, 6.07) is 4.80. The van der Waals surface area contributed by atoms with Gasteiger partial charge < -0.3 is 4.90 Å². The van der Waals surface area contributed by atoms with E-state index in [1.54, 1.807) is 0 Å². The molecule has 0 aliphatic carbocycles. The predicted octanol–water partition coefficient (Wildman–Crippen LogP) is 2.13. The number of hydrogen-bond donors (Lipinski definition) is 0. The summed E-state index contributed by atoms with van der Waals surface area (Å²) in [6.07, 6.45) is 10.8. The average Bonchev–Trinajstić information content (AvgIpc) is 2.99. The topological polar surface area (TPSA) is 39.7 Å². The van der Waals surface area contributed by atoms with Gasteiger partial charge in [-0.15, -0.1) is 0 Å². The highest BCUT2D eigenvalue weighted by atomic mass is 16.2. The zero-order chi connectivity index (χ0) is 17.1. The number of pyridine rings is 1. The molecular weight excluding hydrogens is 312 g/mol. The Morgan fingerprint density at radius 3 is 2.72 bits per heavy atom. The van der Waals surface area contributed by atoms with Crippen molar-refractivity contribution in [2.75, 3.05) is 32.7 Å². The number of rotatable bonds is 3. The molecule has 0 aromatic carbocycles. The molecule has 4 heterocycles. The van der Waals surface area contributed by atoms with Crippen LogP contribution in [-0.4, -0.2) is 70.4 Å². The molecule has 3 fully saturated rings. The van der Waals surface area contributed by atoms with Gasteiger partial charge in [0.25, 0.3) is 0 Å². The molecule has 3 saturated heterocycles. The number of carbonyl (C=O) groups is 1. The van der Waals surface area contributed by atoms with Gasteiger partial charge in [-0.05, 0) is 62.9 Å². The molecular formula is C20H30N4O. The number of piperidine rings is 1. The molecule has 0 bridgehead atoms. The second-order valence-electron chi connectivity index (χ2n) is 7.81. The van der Waals surface area contributed by atoms with Crippen LogP contribution >= 0.6 is 0 Å². The van der Waals surface area contributed by atoms with Crippen molar-refractivity contribution in [1.29, 1.82) is 0 Å². The van der Waals surface area contributed by atoms with Crippen molar-refractivity contribution < 1.29 is 4.79 Å². The molecule has 25 heavy (non-hydrogen) atoms. The number of carbonyl (C=O) groups excluding carboxylic acids is 1. The van der Waals surface area contributed by atoms with Crippen molar-refractivity contribution in [3.63, 3.8) is 0 Å². The van der Waals surface area contributed by atoms with E-state index in [-0.39, 0.29) is 6.04 Å². The third-order valence-electron chi connectivity index (χ3n) is 6.15. The molecule has 3 aliphatic heterocycles. The summed E-state index contributed by atoms with van der Waals surface area (Å²) in [5, 5.41) is 0. The monoisotopic (exact) mass is 342 g/mol. The standard InChI is InChI=1S/C20H30N4O/c25-20(24-14-4-13-22-12-3-5-18(22)16-24)19-6-1-2-11-23(19)15-17-7-9-21-10-8-17/h7-10,18-19H,1-6,11-16H2. The number of likely N-dealkylation sites (tertiary alicyclic amines) is 1. The van der Waals surface area contributed by atoms with Gasteiger partial charge in [-0.25, -0.2) is 0 Å². The first-order valence-electron chi connectivity index (χ1n) is 9.97. The number of hydrogen-bond acceptors (Lipinski definition) is 4. The molecule has 1 amide bonds. The van der Waals surface area contributed by atoms with Crippen LogP contribution in [0.15, 0.2) is 24.5 Å². The van der Waals surface area contributed by atoms with Gasteiger partial charge in [0.2, 0.25) is 5.91 Å². The summed E-state index contributed by atoms with van der Waals surface area (Å²) < 4.78 is 0. The molecule has 0 N–H and O–H groups in total. The van der Waals surface area contributed by atoms with Gasteiger partial charge in [0.05, 0.1) is 6.04 Å². The molecule has 136 valence electrons. The minimum atomic E-state index is 0.0647. The maximum atomic E-state index is 13.3. The largest absolute Gasteiger partial charge is 0.340 e. The Balaban J connectivity index is 1.44. The minimum Gasteiger partial charge on any atom is -0.340 e. The van der Waals surface area contributed by atoms with E-state index in [2.05, 4.69) is 31.8 Å². The fraction of sp³-hybridized carbons (Fsp3) is 0.700. The van der Waals surface area contributed by atoms with Crippen molar-refractivity contribution in [2.24, 2.45) is 0 Å². The smallest absolute Gasteiger partial charge is 0.239 e. The van der Waals surface area contributed by atoms with Crippen LogP contribution in [0.3, 0.4) is 0 Å². The van der Waals surface area contributed by atoms with E-state index in [4.69, 9.17) is 0 Å². The maximum absolute atomic E-state index is 13.3. The Hall–Kier alpha value is -1.46. The van der Waals surface area contributed by atoms with Crippen LogP contribution in [0.4, 0.5) is 0 Å². The third-order valence-corrected chi connectivity index (χ3v) is 6.15. The molecule has 3 aliphatic rings. The van der Waals surface area contributed by atoms with Gasteiger partial charge in [0.1, 0.15) is 0 Å². The molecule has 5 nitrogen and oxygen atoms in total. The zero-order valence-electron chi connectivity index (χ0n) is 15.1. The Morgan fingerprint density at radius 2 is 1.84 bits per heavy atom. The van der Waals surface area contributed by atoms with Crippen molar-refractivity contribution in [3.05, 3.63) is 30.1 Å². The molecule has 0 saturated carbocycles. The lowest BCUT2D eigenvalue weighted by Crippen LogP contribution is -2.52. The van der Waals surface area contributed by atoms with Crippen LogP contribution in [0, 0.1) is 0 Å². The van der Waals surface area contributed by atoms with E-state index in [1.165, 1.54) is 44.3 Å². The van der Waals surface area contributed by atoms with Crippen LogP contribution in [0.5, 0.6) is 0 Å². The van der Waals surface area contributed by atoms with E-state index >= 15 is 0 Å². The van der Waals surface area contributed by atoms with E-state index in [0.29, 0.717) is 11.9 Å². The fourth-order valence-electron chi connectivity index (χ4n) is 4.80. The van der Waals surface area contributed by atoms with Crippen LogP contribution in [-0.2, 0) is 11.3 Å². The SMILES string of the molecule is O=C(C1CCCCN1Cc1ccncc1)N1CCCN2CCCC2C1. The van der Waals surface area contributed by atoms with E-state index < -0.39 is 0 Å². The van der Waals surface area contributed by atoms with Crippen molar-refractivity contribution >= 4 is 5.91 Å². The molecule has 4 rings (SSSR count). The molecule has 2 atom stereocenters. The first kappa shape index (κ1) is 17.0. The Labute approximate surface area is 151 Å². The summed E-state index contributed by atoms with van der Waals surface area (Å²) in [6.45, 7) is 6.17. The minimum absolute atomic E-state index is 0.0647. The van der Waals surface area contributed by atoms with Crippen molar-refractivity contribution in [2.45, 2.75) is 57.2 Å². The van der Waals surface area contributed by atoms with Gasteiger partial charge in [0, 0.05) is 44.6 Å². The lowest BCUT2D eigenvalue weighted by Gasteiger charge is -2.38. The Bertz CT molecular complexity index is 578. The Kier molecular flexibility index (Phi) is 5.32. The Morgan fingerprint density at radius 1 is 1.00 bits per heavy atom. The molecule has 1 aromatic rings. The summed E-state index contributed by atoms with van der Waals surface area (Å²) in [4.78, 5) is 24.6. The predicted molar refractivity (Wildman–Crippen MR) is 98.1 cm³/mol. The number of amides is 1. The van der Waals surface area contributed by atoms with E-state index in [0.717, 1.165) is 39.0 Å². The van der Waals surface area contributed by atoms with Crippen LogP contribution < -0.4 is 0 Å². The van der Waals surface area contributed by atoms with E-state index in [9.17, 15) is 4.79 Å².